The maximum absolute atomic E-state index is 12.9. The van der Waals surface area contributed by atoms with Crippen LogP contribution in [0.15, 0.2) is 29.2 Å². The number of ether oxygens (including phenoxy) is 2. The molecule has 0 fully saturated rings. The number of benzene rings is 1. The van der Waals surface area contributed by atoms with Gasteiger partial charge in [-0.3, -0.25) is 4.79 Å². The molecule has 0 unspecified atom stereocenters. The lowest BCUT2D eigenvalue weighted by Gasteiger charge is -2.28. The van der Waals surface area contributed by atoms with Gasteiger partial charge in [-0.1, -0.05) is 24.6 Å². The molecule has 1 atom stereocenters. The van der Waals surface area contributed by atoms with Gasteiger partial charge in [0.15, 0.2) is 0 Å². The van der Waals surface area contributed by atoms with Crippen LogP contribution in [0.3, 0.4) is 0 Å². The fraction of sp³-hybridized carbons (Fsp3) is 0.529. The molecule has 8 heteroatoms. The SMILES string of the molecule is COC(=O)[C@H](C)CN(C(=O)OC(C)(C)C)S(=O)(=O)c1ccc(C)cc1. The Morgan fingerprint density at radius 2 is 1.68 bits per heavy atom. The second kappa shape index (κ2) is 7.86. The summed E-state index contributed by atoms with van der Waals surface area (Å²) >= 11 is 0. The van der Waals surface area contributed by atoms with E-state index in [1.165, 1.54) is 26.2 Å². The molecule has 0 radical (unpaired) electrons. The highest BCUT2D eigenvalue weighted by atomic mass is 32.2. The van der Waals surface area contributed by atoms with Gasteiger partial charge in [-0.15, -0.1) is 0 Å². The van der Waals surface area contributed by atoms with Gasteiger partial charge < -0.3 is 9.47 Å². The summed E-state index contributed by atoms with van der Waals surface area (Å²) in [5.41, 5.74) is -0.00203. The molecule has 0 aliphatic carbocycles. The zero-order valence-electron chi connectivity index (χ0n) is 15.4. The number of esters is 1. The van der Waals surface area contributed by atoms with Gasteiger partial charge in [0, 0.05) is 0 Å². The molecule has 0 spiro atoms. The van der Waals surface area contributed by atoms with E-state index in [0.29, 0.717) is 4.31 Å². The summed E-state index contributed by atoms with van der Waals surface area (Å²) in [6.07, 6.45) is -1.04. The Hall–Kier alpha value is -2.09. The van der Waals surface area contributed by atoms with Gasteiger partial charge in [0.2, 0.25) is 0 Å². The Labute approximate surface area is 149 Å². The highest BCUT2D eigenvalue weighted by Gasteiger charge is 2.35. The molecular formula is C17H25NO6S. The molecule has 1 aromatic carbocycles. The Morgan fingerprint density at radius 1 is 1.16 bits per heavy atom. The van der Waals surface area contributed by atoms with Gasteiger partial charge in [-0.2, -0.15) is 4.31 Å². The number of carbonyl (C=O) groups excluding carboxylic acids is 2. The molecule has 7 nitrogen and oxygen atoms in total. The van der Waals surface area contributed by atoms with Crippen LogP contribution in [-0.2, 0) is 24.3 Å². The molecule has 0 bridgehead atoms. The highest BCUT2D eigenvalue weighted by molar-refractivity contribution is 7.89. The monoisotopic (exact) mass is 371 g/mol. The second-order valence-corrected chi connectivity index (χ2v) is 8.62. The first-order valence-corrected chi connectivity index (χ1v) is 9.22. The third kappa shape index (κ3) is 5.74. The predicted octanol–water partition coefficient (Wildman–Crippen LogP) is 2.73. The average Bonchev–Trinajstić information content (AvgIpc) is 2.49. The van der Waals surface area contributed by atoms with Crippen LogP contribution in [0.1, 0.15) is 33.3 Å². The van der Waals surface area contributed by atoms with Gasteiger partial charge in [0.25, 0.3) is 10.0 Å². The topological polar surface area (TPSA) is 90.0 Å². The molecule has 0 aliphatic heterocycles. The summed E-state index contributed by atoms with van der Waals surface area (Å²) in [6, 6.07) is 6.07. The van der Waals surface area contributed by atoms with Crippen LogP contribution in [0.4, 0.5) is 4.79 Å². The normalized spacial score (nSPS) is 13.0. The number of rotatable bonds is 5. The first kappa shape index (κ1) is 21.0. The van der Waals surface area contributed by atoms with E-state index in [1.807, 2.05) is 6.92 Å². The van der Waals surface area contributed by atoms with E-state index in [4.69, 9.17) is 4.74 Å². The molecule has 0 saturated heterocycles. The van der Waals surface area contributed by atoms with Gasteiger partial charge in [-0.05, 0) is 39.8 Å². The lowest BCUT2D eigenvalue weighted by molar-refractivity contribution is -0.144. The number of sulfonamides is 1. The van der Waals surface area contributed by atoms with Crippen LogP contribution < -0.4 is 0 Å². The lowest BCUT2D eigenvalue weighted by Crippen LogP contribution is -2.44. The largest absolute Gasteiger partial charge is 0.469 e. The maximum Gasteiger partial charge on any atom is 0.424 e. The predicted molar refractivity (Wildman–Crippen MR) is 92.5 cm³/mol. The van der Waals surface area contributed by atoms with E-state index in [-0.39, 0.29) is 11.4 Å². The molecule has 0 aromatic heterocycles. The molecule has 140 valence electrons. The number of aryl methyl sites for hydroxylation is 1. The van der Waals surface area contributed by atoms with Crippen molar-refractivity contribution in [2.75, 3.05) is 13.7 Å². The lowest BCUT2D eigenvalue weighted by atomic mass is 10.2. The first-order chi connectivity index (χ1) is 11.4. The molecule has 0 heterocycles. The van der Waals surface area contributed by atoms with E-state index in [9.17, 15) is 18.0 Å². The molecule has 0 N–H and O–H groups in total. The van der Waals surface area contributed by atoms with Crippen molar-refractivity contribution in [2.45, 2.75) is 45.1 Å². The van der Waals surface area contributed by atoms with Crippen LogP contribution in [0, 0.1) is 12.8 Å². The summed E-state index contributed by atoms with van der Waals surface area (Å²) in [6.45, 7) is 7.81. The third-order valence-corrected chi connectivity index (χ3v) is 5.00. The summed E-state index contributed by atoms with van der Waals surface area (Å²) in [7, 11) is -2.98. The van der Waals surface area contributed by atoms with E-state index in [1.54, 1.807) is 32.9 Å². The van der Waals surface area contributed by atoms with E-state index in [2.05, 4.69) is 4.74 Å². The van der Waals surface area contributed by atoms with Crippen LogP contribution in [-0.4, -0.2) is 44.0 Å². The van der Waals surface area contributed by atoms with Crippen molar-refractivity contribution in [1.29, 1.82) is 0 Å². The molecule has 1 amide bonds. The van der Waals surface area contributed by atoms with Gasteiger partial charge in [0.1, 0.15) is 5.60 Å². The molecule has 0 aliphatic rings. The Bertz CT molecular complexity index is 719. The van der Waals surface area contributed by atoms with E-state index >= 15 is 0 Å². The van der Waals surface area contributed by atoms with Crippen LogP contribution in [0.5, 0.6) is 0 Å². The van der Waals surface area contributed by atoms with E-state index < -0.39 is 33.6 Å². The van der Waals surface area contributed by atoms with Crippen molar-refractivity contribution in [3.63, 3.8) is 0 Å². The van der Waals surface area contributed by atoms with Crippen LogP contribution in [0.2, 0.25) is 0 Å². The molecule has 25 heavy (non-hydrogen) atoms. The van der Waals surface area contributed by atoms with Crippen molar-refractivity contribution >= 4 is 22.1 Å². The van der Waals surface area contributed by atoms with Crippen LogP contribution >= 0.6 is 0 Å². The number of hydrogen-bond acceptors (Lipinski definition) is 6. The second-order valence-electron chi connectivity index (χ2n) is 6.75. The average molecular weight is 371 g/mol. The van der Waals surface area contributed by atoms with Gasteiger partial charge in [-0.25, -0.2) is 13.2 Å². The van der Waals surface area contributed by atoms with Crippen molar-refractivity contribution < 1.29 is 27.5 Å². The Kier molecular flexibility index (Phi) is 6.59. The van der Waals surface area contributed by atoms with Crippen LogP contribution in [0.25, 0.3) is 0 Å². The Morgan fingerprint density at radius 3 is 2.12 bits per heavy atom. The first-order valence-electron chi connectivity index (χ1n) is 7.78. The standard InChI is InChI=1S/C17H25NO6S/c1-12-7-9-14(10-8-12)25(21,22)18(11-13(2)15(19)23-6)16(20)24-17(3,4)5/h7-10,13H,11H2,1-6H3/t13-/m1/s1. The zero-order chi connectivity index (χ0) is 19.4. The fourth-order valence-electron chi connectivity index (χ4n) is 1.95. The molecule has 0 saturated carbocycles. The summed E-state index contributed by atoms with van der Waals surface area (Å²) in [4.78, 5) is 24.1. The number of amides is 1. The van der Waals surface area contributed by atoms with Crippen molar-refractivity contribution in [3.8, 4) is 0 Å². The van der Waals surface area contributed by atoms with Crippen molar-refractivity contribution in [2.24, 2.45) is 5.92 Å². The van der Waals surface area contributed by atoms with Gasteiger partial charge >= 0.3 is 12.1 Å². The molecule has 1 rings (SSSR count). The summed E-state index contributed by atoms with van der Waals surface area (Å²) in [5.74, 6) is -1.45. The van der Waals surface area contributed by atoms with E-state index in [0.717, 1.165) is 5.56 Å². The third-order valence-electron chi connectivity index (χ3n) is 3.25. The quantitative estimate of drug-likeness (QED) is 0.739. The van der Waals surface area contributed by atoms with Crippen molar-refractivity contribution in [1.82, 2.24) is 4.31 Å². The number of hydrogen-bond donors (Lipinski definition) is 0. The minimum atomic E-state index is -4.18. The fourth-order valence-corrected chi connectivity index (χ4v) is 3.33. The highest BCUT2D eigenvalue weighted by Crippen LogP contribution is 2.21. The summed E-state index contributed by atoms with van der Waals surface area (Å²) < 4.78 is 36.2. The molecular weight excluding hydrogens is 346 g/mol. The van der Waals surface area contributed by atoms with Crippen molar-refractivity contribution in [3.05, 3.63) is 29.8 Å². The zero-order valence-corrected chi connectivity index (χ0v) is 16.2. The smallest absolute Gasteiger partial charge is 0.424 e. The number of methoxy groups -OCH3 is 1. The number of nitrogens with zero attached hydrogens (tertiary/aromatic N) is 1. The maximum atomic E-state index is 12.9. The minimum absolute atomic E-state index is 0.0546. The van der Waals surface area contributed by atoms with Gasteiger partial charge in [0.05, 0.1) is 24.5 Å². The minimum Gasteiger partial charge on any atom is -0.469 e. The Balaban J connectivity index is 3.26. The molecule has 1 aromatic rings. The number of carbonyl (C=O) groups is 2. The summed E-state index contributed by atoms with van der Waals surface area (Å²) in [5, 5.41) is 0.